The van der Waals surface area contributed by atoms with Gasteiger partial charge in [-0.05, 0) is 0 Å². The minimum atomic E-state index is -6.00. The van der Waals surface area contributed by atoms with E-state index in [1.807, 2.05) is 13.0 Å². The molecule has 118 valence electrons. The van der Waals surface area contributed by atoms with Gasteiger partial charge >= 0.3 is 21.8 Å². The van der Waals surface area contributed by atoms with Gasteiger partial charge in [0, 0.05) is 6.42 Å². The van der Waals surface area contributed by atoms with E-state index in [0.717, 1.165) is 0 Å². The lowest BCUT2D eigenvalue weighted by atomic mass is 10.3. The zero-order valence-corrected chi connectivity index (χ0v) is 8.92. The average Bonchev–Trinajstić information content (AvgIpc) is 1.93. The summed E-state index contributed by atoms with van der Waals surface area (Å²) in [5.41, 5.74) is 0. The number of hydrogen-bond acceptors (Lipinski definition) is 1. The van der Waals surface area contributed by atoms with Crippen LogP contribution in [0.3, 0.4) is 0 Å². The molecule has 0 aliphatic heterocycles. The molecular weight excluding hydrogens is 310 g/mol. The average molecular weight is 315 g/mol. The number of halogens is 12. The Morgan fingerprint density at radius 1 is 0.632 bits per heavy atom. The van der Waals surface area contributed by atoms with E-state index >= 15 is 0 Å². The first kappa shape index (κ1) is 26.4. The van der Waals surface area contributed by atoms with E-state index in [4.69, 9.17) is 5.26 Å². The van der Waals surface area contributed by atoms with E-state index < -0.39 is 21.8 Å². The van der Waals surface area contributed by atoms with Crippen LogP contribution < -0.4 is 0 Å². The van der Waals surface area contributed by atoms with Crippen molar-refractivity contribution >= 4 is 21.8 Å². The second-order valence-electron chi connectivity index (χ2n) is 2.00. The Morgan fingerprint density at radius 3 is 0.684 bits per heavy atom. The fourth-order valence-electron chi connectivity index (χ4n) is 0. The van der Waals surface area contributed by atoms with E-state index in [1.165, 1.54) is 0 Å². The van der Waals surface area contributed by atoms with Crippen molar-refractivity contribution < 1.29 is 51.8 Å². The van der Waals surface area contributed by atoms with Crippen LogP contribution in [0.15, 0.2) is 0 Å². The first-order chi connectivity index (χ1) is 7.91. The minimum absolute atomic E-state index is 0.625. The summed E-state index contributed by atoms with van der Waals surface area (Å²) < 4.78 is 117. The number of nitrogens with zero attached hydrogens (tertiary/aromatic N) is 1. The molecule has 0 aliphatic rings. The number of hydrogen-bond donors (Lipinski definition) is 0. The van der Waals surface area contributed by atoms with Gasteiger partial charge in [-0.15, -0.1) is 0 Å². The maximum atomic E-state index is 9.75. The van der Waals surface area contributed by atoms with Crippen LogP contribution in [-0.4, -0.2) is 21.8 Å². The lowest BCUT2D eigenvalue weighted by Gasteiger charge is -1.94. The second-order valence-corrected chi connectivity index (χ2v) is 2.00. The van der Waals surface area contributed by atoms with Gasteiger partial charge < -0.3 is 51.8 Å². The van der Waals surface area contributed by atoms with Gasteiger partial charge in [0.1, 0.15) is 0 Å². The fraction of sp³-hybridized carbons (Fsp3) is 0.667. The highest BCUT2D eigenvalue weighted by Crippen LogP contribution is 2.07. The zero-order valence-electron chi connectivity index (χ0n) is 8.92. The summed E-state index contributed by atoms with van der Waals surface area (Å²) in [6.07, 6.45) is 0.625. The van der Waals surface area contributed by atoms with Crippen LogP contribution in [-0.2, 0) is 0 Å². The van der Waals surface area contributed by atoms with Crippen molar-refractivity contribution in [1.29, 1.82) is 5.26 Å². The standard InChI is InChI=1S/C3H5N.3BF4/c1-2-3-4;3*2-1(3,4)5/h2H2,1H3;;;/q;3*-1. The summed E-state index contributed by atoms with van der Waals surface area (Å²) in [4.78, 5) is 0. The van der Waals surface area contributed by atoms with E-state index in [0.29, 0.717) is 6.42 Å². The van der Waals surface area contributed by atoms with Crippen LogP contribution in [0.5, 0.6) is 0 Å². The molecule has 0 fully saturated rings. The van der Waals surface area contributed by atoms with Crippen LogP contribution in [0, 0.1) is 11.3 Å². The van der Waals surface area contributed by atoms with Crippen molar-refractivity contribution in [1.82, 2.24) is 0 Å². The molecule has 19 heavy (non-hydrogen) atoms. The largest absolute Gasteiger partial charge is 0.673 e. The molecule has 0 heterocycles. The first-order valence-corrected chi connectivity index (χ1v) is 3.90. The molecule has 0 aromatic carbocycles. The topological polar surface area (TPSA) is 23.8 Å². The molecule has 0 N–H and O–H groups in total. The predicted molar refractivity (Wildman–Crippen MR) is 46.5 cm³/mol. The molecule has 0 aromatic rings. The van der Waals surface area contributed by atoms with Crippen molar-refractivity contribution in [3.8, 4) is 6.07 Å². The maximum absolute atomic E-state index is 9.75. The Balaban J connectivity index is -0.0000000793. The first-order valence-electron chi connectivity index (χ1n) is 3.90. The lowest BCUT2D eigenvalue weighted by Crippen LogP contribution is -2.02. The molecular formula is C3H5B3F12N-3. The van der Waals surface area contributed by atoms with Crippen molar-refractivity contribution in [3.05, 3.63) is 0 Å². The van der Waals surface area contributed by atoms with Gasteiger partial charge in [0.2, 0.25) is 0 Å². The molecule has 1 nitrogen and oxygen atoms in total. The maximum Gasteiger partial charge on any atom is 0.673 e. The van der Waals surface area contributed by atoms with E-state index in [-0.39, 0.29) is 0 Å². The Morgan fingerprint density at radius 2 is 0.684 bits per heavy atom. The van der Waals surface area contributed by atoms with Crippen LogP contribution in [0.4, 0.5) is 51.8 Å². The second kappa shape index (κ2) is 11.9. The van der Waals surface area contributed by atoms with E-state index in [1.54, 1.807) is 0 Å². The van der Waals surface area contributed by atoms with Crippen molar-refractivity contribution in [2.75, 3.05) is 0 Å². The Kier molecular flexibility index (Phi) is 16.6. The summed E-state index contributed by atoms with van der Waals surface area (Å²) >= 11 is 0. The van der Waals surface area contributed by atoms with Crippen LogP contribution >= 0.6 is 0 Å². The molecule has 0 amide bonds. The van der Waals surface area contributed by atoms with E-state index in [2.05, 4.69) is 0 Å². The highest BCUT2D eigenvalue weighted by atomic mass is 19.5. The van der Waals surface area contributed by atoms with Crippen molar-refractivity contribution in [2.24, 2.45) is 0 Å². The quantitative estimate of drug-likeness (QED) is 0.464. The van der Waals surface area contributed by atoms with Gasteiger partial charge in [-0.1, -0.05) is 6.92 Å². The molecule has 0 rings (SSSR count). The number of rotatable bonds is 0. The monoisotopic (exact) mass is 316 g/mol. The Hall–Kier alpha value is -1.16. The summed E-state index contributed by atoms with van der Waals surface area (Å²) in [6.45, 7) is 1.82. The summed E-state index contributed by atoms with van der Waals surface area (Å²) in [5, 5.41) is 7.62. The van der Waals surface area contributed by atoms with E-state index in [9.17, 15) is 51.8 Å². The highest BCUT2D eigenvalue weighted by Gasteiger charge is 2.21. The summed E-state index contributed by atoms with van der Waals surface area (Å²) in [6, 6.07) is 1.93. The molecule has 0 bridgehead atoms. The molecule has 0 aliphatic carbocycles. The van der Waals surface area contributed by atoms with Crippen LogP contribution in [0.2, 0.25) is 0 Å². The molecule has 0 aromatic heterocycles. The van der Waals surface area contributed by atoms with Gasteiger partial charge in [-0.2, -0.15) is 5.26 Å². The molecule has 0 saturated heterocycles. The van der Waals surface area contributed by atoms with Crippen molar-refractivity contribution in [3.63, 3.8) is 0 Å². The van der Waals surface area contributed by atoms with Crippen molar-refractivity contribution in [2.45, 2.75) is 13.3 Å². The molecule has 0 atom stereocenters. The third kappa shape index (κ3) is 154000. The summed E-state index contributed by atoms with van der Waals surface area (Å²) in [7, 11) is -18.0. The van der Waals surface area contributed by atoms with Gasteiger partial charge in [0.25, 0.3) is 0 Å². The minimum Gasteiger partial charge on any atom is -0.418 e. The molecule has 0 spiro atoms. The molecule has 0 unspecified atom stereocenters. The normalized spacial score (nSPS) is 10.5. The predicted octanol–water partition coefficient (Wildman–Crippen LogP) is 4.82. The molecule has 0 saturated carbocycles. The summed E-state index contributed by atoms with van der Waals surface area (Å²) in [5.74, 6) is 0. The number of nitriles is 1. The smallest absolute Gasteiger partial charge is 0.418 e. The molecule has 0 radical (unpaired) electrons. The molecule has 16 heteroatoms. The third-order valence-corrected chi connectivity index (χ3v) is 0.158. The zero-order chi connectivity index (χ0) is 16.9. The SMILES string of the molecule is CCC#N.F[B-](F)(F)F.F[B-](F)(F)F.F[B-](F)(F)F. The lowest BCUT2D eigenvalue weighted by molar-refractivity contribution is 0.366. The van der Waals surface area contributed by atoms with Gasteiger partial charge in [-0.25, -0.2) is 0 Å². The Labute approximate surface area is 99.4 Å². The van der Waals surface area contributed by atoms with Gasteiger partial charge in [0.05, 0.1) is 6.07 Å². The van der Waals surface area contributed by atoms with Crippen LogP contribution in [0.1, 0.15) is 13.3 Å². The highest BCUT2D eigenvalue weighted by molar-refractivity contribution is 6.50. The van der Waals surface area contributed by atoms with Crippen LogP contribution in [0.25, 0.3) is 0 Å². The van der Waals surface area contributed by atoms with Gasteiger partial charge in [0.15, 0.2) is 0 Å². The fourth-order valence-corrected chi connectivity index (χ4v) is 0. The third-order valence-electron chi connectivity index (χ3n) is 0.158. The Bertz CT molecular complexity index is 176. The van der Waals surface area contributed by atoms with Gasteiger partial charge in [-0.3, -0.25) is 0 Å².